The fourth-order valence-corrected chi connectivity index (χ4v) is 3.64. The molecule has 5 nitrogen and oxygen atoms in total. The number of benzene rings is 2. The van der Waals surface area contributed by atoms with Gasteiger partial charge in [0.25, 0.3) is 11.8 Å². The van der Waals surface area contributed by atoms with Crippen LogP contribution in [-0.2, 0) is 5.60 Å². The number of aliphatic hydroxyl groups is 1. The first-order chi connectivity index (χ1) is 11.9. The maximum atomic E-state index is 13.1. The smallest absolute Gasteiger partial charge is 0.263 e. The summed E-state index contributed by atoms with van der Waals surface area (Å²) in [5.74, 6) is -0.988. The SMILES string of the molecule is CN1C(=O)c2cccc(N3CCC(O)(c4ccc(F)cc4)C3)c2C1=O. The van der Waals surface area contributed by atoms with Crippen LogP contribution in [0.5, 0.6) is 0 Å². The maximum absolute atomic E-state index is 13.1. The Morgan fingerprint density at radius 3 is 2.52 bits per heavy atom. The van der Waals surface area contributed by atoms with Crippen molar-refractivity contribution in [2.24, 2.45) is 0 Å². The standard InChI is InChI=1S/C19H17FN2O3/c1-21-17(23)14-3-2-4-15(16(14)18(21)24)22-10-9-19(25,11-22)12-5-7-13(20)8-6-12/h2-8,25H,9-11H2,1H3. The van der Waals surface area contributed by atoms with Gasteiger partial charge in [0.1, 0.15) is 11.4 Å². The van der Waals surface area contributed by atoms with Crippen molar-refractivity contribution in [3.05, 3.63) is 65.0 Å². The number of halogens is 1. The Labute approximate surface area is 144 Å². The van der Waals surface area contributed by atoms with Crippen LogP contribution in [0, 0.1) is 5.82 Å². The molecule has 0 spiro atoms. The molecule has 1 atom stereocenters. The third-order valence-corrected chi connectivity index (χ3v) is 5.07. The number of carbonyl (C=O) groups excluding carboxylic acids is 2. The number of imide groups is 1. The van der Waals surface area contributed by atoms with E-state index >= 15 is 0 Å². The predicted octanol–water partition coefficient (Wildman–Crippen LogP) is 2.15. The summed E-state index contributed by atoms with van der Waals surface area (Å²) in [6.45, 7) is 0.815. The van der Waals surface area contributed by atoms with Gasteiger partial charge < -0.3 is 10.0 Å². The van der Waals surface area contributed by atoms with Crippen LogP contribution in [0.25, 0.3) is 0 Å². The van der Waals surface area contributed by atoms with Crippen molar-refractivity contribution >= 4 is 17.5 Å². The lowest BCUT2D eigenvalue weighted by molar-refractivity contribution is 0.0604. The van der Waals surface area contributed by atoms with E-state index < -0.39 is 5.60 Å². The van der Waals surface area contributed by atoms with Crippen LogP contribution in [0.15, 0.2) is 42.5 Å². The normalized spacial score (nSPS) is 22.7. The molecular weight excluding hydrogens is 323 g/mol. The van der Waals surface area contributed by atoms with E-state index in [0.717, 1.165) is 4.90 Å². The summed E-state index contributed by atoms with van der Waals surface area (Å²) >= 11 is 0. The van der Waals surface area contributed by atoms with E-state index in [-0.39, 0.29) is 24.2 Å². The van der Waals surface area contributed by atoms with Gasteiger partial charge in [-0.2, -0.15) is 0 Å². The van der Waals surface area contributed by atoms with Crippen molar-refractivity contribution < 1.29 is 19.1 Å². The first-order valence-corrected chi connectivity index (χ1v) is 8.09. The molecule has 0 bridgehead atoms. The zero-order valence-corrected chi connectivity index (χ0v) is 13.7. The molecule has 1 fully saturated rings. The summed E-state index contributed by atoms with van der Waals surface area (Å²) in [6, 6.07) is 11.0. The number of hydrogen-bond donors (Lipinski definition) is 1. The highest BCUT2D eigenvalue weighted by atomic mass is 19.1. The second kappa shape index (κ2) is 5.39. The Bertz CT molecular complexity index is 881. The highest BCUT2D eigenvalue weighted by molar-refractivity contribution is 6.23. The third-order valence-electron chi connectivity index (χ3n) is 5.07. The number of fused-ring (bicyclic) bond motifs is 1. The largest absolute Gasteiger partial charge is 0.383 e. The van der Waals surface area contributed by atoms with Crippen molar-refractivity contribution in [3.63, 3.8) is 0 Å². The zero-order valence-electron chi connectivity index (χ0n) is 13.7. The molecule has 0 saturated carbocycles. The molecule has 128 valence electrons. The summed E-state index contributed by atoms with van der Waals surface area (Å²) < 4.78 is 13.1. The van der Waals surface area contributed by atoms with Gasteiger partial charge in [0.05, 0.1) is 23.4 Å². The Kier molecular flexibility index (Phi) is 3.40. The van der Waals surface area contributed by atoms with Crippen molar-refractivity contribution in [3.8, 4) is 0 Å². The minimum absolute atomic E-state index is 0.278. The van der Waals surface area contributed by atoms with E-state index in [2.05, 4.69) is 0 Å². The Balaban J connectivity index is 1.69. The lowest BCUT2D eigenvalue weighted by Gasteiger charge is -2.25. The maximum Gasteiger partial charge on any atom is 0.263 e. The topological polar surface area (TPSA) is 60.9 Å². The molecule has 0 aliphatic carbocycles. The molecule has 2 heterocycles. The lowest BCUT2D eigenvalue weighted by atomic mass is 9.93. The van der Waals surface area contributed by atoms with E-state index in [1.54, 1.807) is 30.3 Å². The molecule has 6 heteroatoms. The molecule has 2 aliphatic rings. The second-order valence-corrected chi connectivity index (χ2v) is 6.58. The van der Waals surface area contributed by atoms with Crippen LogP contribution in [0.3, 0.4) is 0 Å². The number of β-amino-alcohol motifs (C(OH)–C–C–N with tert-alkyl or cyclic N) is 1. The molecule has 2 aromatic rings. The highest BCUT2D eigenvalue weighted by Crippen LogP contribution is 2.38. The van der Waals surface area contributed by atoms with Crippen LogP contribution in [0.1, 0.15) is 32.7 Å². The van der Waals surface area contributed by atoms with Crippen molar-refractivity contribution in [2.75, 3.05) is 25.0 Å². The summed E-state index contributed by atoms with van der Waals surface area (Å²) in [5.41, 5.74) is 0.955. The minimum Gasteiger partial charge on any atom is -0.383 e. The summed E-state index contributed by atoms with van der Waals surface area (Å²) in [5, 5.41) is 11.0. The second-order valence-electron chi connectivity index (χ2n) is 6.58. The molecule has 1 unspecified atom stereocenters. The van der Waals surface area contributed by atoms with Gasteiger partial charge in [0, 0.05) is 13.6 Å². The van der Waals surface area contributed by atoms with Crippen LogP contribution in [0.4, 0.5) is 10.1 Å². The van der Waals surface area contributed by atoms with Gasteiger partial charge in [-0.3, -0.25) is 14.5 Å². The fourth-order valence-electron chi connectivity index (χ4n) is 3.64. The number of nitrogens with zero attached hydrogens (tertiary/aromatic N) is 2. The number of amides is 2. The number of rotatable bonds is 2. The highest BCUT2D eigenvalue weighted by Gasteiger charge is 2.41. The van der Waals surface area contributed by atoms with Crippen LogP contribution in [-0.4, -0.2) is 42.0 Å². The van der Waals surface area contributed by atoms with Gasteiger partial charge >= 0.3 is 0 Å². The molecule has 1 saturated heterocycles. The van der Waals surface area contributed by atoms with Gasteiger partial charge in [-0.25, -0.2) is 4.39 Å². The summed E-state index contributed by atoms with van der Waals surface area (Å²) in [6.07, 6.45) is 0.459. The average Bonchev–Trinajstić information content (AvgIpc) is 3.11. The zero-order chi connectivity index (χ0) is 17.8. The number of carbonyl (C=O) groups is 2. The minimum atomic E-state index is -1.12. The van der Waals surface area contributed by atoms with Crippen molar-refractivity contribution in [2.45, 2.75) is 12.0 Å². The fraction of sp³-hybridized carbons (Fsp3) is 0.263. The Morgan fingerprint density at radius 2 is 1.80 bits per heavy atom. The van der Waals surface area contributed by atoms with Crippen molar-refractivity contribution in [1.82, 2.24) is 4.90 Å². The molecule has 25 heavy (non-hydrogen) atoms. The molecule has 2 aliphatic heterocycles. The van der Waals surface area contributed by atoms with E-state index in [1.807, 2.05) is 4.90 Å². The molecule has 1 N–H and O–H groups in total. The van der Waals surface area contributed by atoms with E-state index in [9.17, 15) is 19.1 Å². The molecular formula is C19H17FN2O3. The molecule has 2 aromatic carbocycles. The predicted molar refractivity (Wildman–Crippen MR) is 90.0 cm³/mol. The summed E-state index contributed by atoms with van der Waals surface area (Å²) in [4.78, 5) is 27.6. The molecule has 0 radical (unpaired) electrons. The Morgan fingerprint density at radius 1 is 1.08 bits per heavy atom. The van der Waals surface area contributed by atoms with E-state index in [0.29, 0.717) is 35.3 Å². The quantitative estimate of drug-likeness (QED) is 0.851. The number of hydrogen-bond acceptors (Lipinski definition) is 4. The van der Waals surface area contributed by atoms with Crippen molar-refractivity contribution in [1.29, 1.82) is 0 Å². The third kappa shape index (κ3) is 2.33. The van der Waals surface area contributed by atoms with Crippen LogP contribution < -0.4 is 4.90 Å². The van der Waals surface area contributed by atoms with E-state index in [4.69, 9.17) is 0 Å². The summed E-state index contributed by atoms with van der Waals surface area (Å²) in [7, 11) is 1.47. The van der Waals surface area contributed by atoms with Gasteiger partial charge in [0.15, 0.2) is 0 Å². The van der Waals surface area contributed by atoms with Crippen LogP contribution >= 0.6 is 0 Å². The van der Waals surface area contributed by atoms with Gasteiger partial charge in [-0.15, -0.1) is 0 Å². The lowest BCUT2D eigenvalue weighted by Crippen LogP contribution is -2.31. The van der Waals surface area contributed by atoms with Gasteiger partial charge in [-0.05, 0) is 36.2 Å². The first kappa shape index (κ1) is 15.8. The van der Waals surface area contributed by atoms with Gasteiger partial charge in [-0.1, -0.05) is 18.2 Å². The number of anilines is 1. The van der Waals surface area contributed by atoms with Gasteiger partial charge in [0.2, 0.25) is 0 Å². The average molecular weight is 340 g/mol. The molecule has 0 aromatic heterocycles. The van der Waals surface area contributed by atoms with Crippen LogP contribution in [0.2, 0.25) is 0 Å². The first-order valence-electron chi connectivity index (χ1n) is 8.09. The monoisotopic (exact) mass is 340 g/mol. The van der Waals surface area contributed by atoms with E-state index in [1.165, 1.54) is 19.2 Å². The Hall–Kier alpha value is -2.73. The molecule has 2 amide bonds. The molecule has 4 rings (SSSR count).